The number of nitrogens with one attached hydrogen (secondary N) is 2. The Bertz CT molecular complexity index is 977. The number of nitrogens with zero attached hydrogens (tertiary/aromatic N) is 1. The topological polar surface area (TPSA) is 127 Å². The van der Waals surface area contributed by atoms with Gasteiger partial charge in [0.2, 0.25) is 0 Å². The Morgan fingerprint density at radius 3 is 2.50 bits per heavy atom. The monoisotopic (exact) mass is 450 g/mol. The highest BCUT2D eigenvalue weighted by Crippen LogP contribution is 2.23. The van der Waals surface area contributed by atoms with Gasteiger partial charge in [0.1, 0.15) is 23.8 Å². The summed E-state index contributed by atoms with van der Waals surface area (Å²) in [5.74, 6) is -0.733. The first kappa shape index (κ1) is 25.2. The van der Waals surface area contributed by atoms with Gasteiger partial charge in [-0.1, -0.05) is 6.07 Å². The normalized spacial score (nSPS) is 12.4. The number of halogens is 2. The van der Waals surface area contributed by atoms with Gasteiger partial charge in [0, 0.05) is 17.8 Å². The third-order valence-electron chi connectivity index (χ3n) is 4.46. The van der Waals surface area contributed by atoms with Crippen LogP contribution in [0.1, 0.15) is 54.0 Å². The number of carbonyl (C=O) groups excluding carboxylic acids is 2. The molecule has 1 aromatic heterocycles. The average Bonchev–Trinajstić information content (AvgIpc) is 2.70. The maximum absolute atomic E-state index is 12.8. The smallest absolute Gasteiger partial charge is 0.272 e. The van der Waals surface area contributed by atoms with E-state index in [2.05, 4.69) is 15.6 Å². The lowest BCUT2D eigenvalue weighted by atomic mass is 10.0. The third-order valence-corrected chi connectivity index (χ3v) is 4.46. The molecule has 1 aromatic carbocycles. The van der Waals surface area contributed by atoms with Gasteiger partial charge in [0.05, 0.1) is 6.04 Å². The molecule has 174 valence electrons. The van der Waals surface area contributed by atoms with E-state index in [9.17, 15) is 23.5 Å². The number of amides is 2. The number of pyridine rings is 1. The molecule has 1 unspecified atom stereocenters. The van der Waals surface area contributed by atoms with Crippen LogP contribution in [0.3, 0.4) is 0 Å². The van der Waals surface area contributed by atoms with Gasteiger partial charge in [0.25, 0.3) is 18.2 Å². The number of alkyl halides is 2. The number of rotatable bonds is 9. The average molecular weight is 450 g/mol. The zero-order chi connectivity index (χ0) is 24.1. The van der Waals surface area contributed by atoms with Crippen LogP contribution in [-0.2, 0) is 11.3 Å². The van der Waals surface area contributed by atoms with Crippen molar-refractivity contribution in [3.8, 4) is 5.75 Å². The molecule has 1 atom stereocenters. The molecule has 0 saturated heterocycles. The van der Waals surface area contributed by atoms with Crippen LogP contribution in [-0.4, -0.2) is 40.5 Å². The van der Waals surface area contributed by atoms with Crippen LogP contribution in [0.25, 0.3) is 0 Å². The maximum atomic E-state index is 12.8. The molecule has 0 saturated carbocycles. The van der Waals surface area contributed by atoms with E-state index in [1.165, 1.54) is 19.9 Å². The zero-order valence-electron chi connectivity index (χ0n) is 18.4. The molecule has 1 heterocycles. The van der Waals surface area contributed by atoms with E-state index in [1.807, 2.05) is 0 Å². The number of benzene rings is 1. The van der Waals surface area contributed by atoms with E-state index < -0.39 is 36.5 Å². The van der Waals surface area contributed by atoms with Crippen LogP contribution < -0.4 is 21.1 Å². The summed E-state index contributed by atoms with van der Waals surface area (Å²) in [6.45, 7) is 5.49. The number of carbonyl (C=O) groups is 2. The van der Waals surface area contributed by atoms with Crippen LogP contribution in [0.15, 0.2) is 30.3 Å². The molecule has 0 aliphatic rings. The van der Waals surface area contributed by atoms with Crippen molar-refractivity contribution in [2.24, 2.45) is 5.73 Å². The van der Waals surface area contributed by atoms with Gasteiger partial charge in [-0.05, 0) is 63.1 Å². The summed E-state index contributed by atoms with van der Waals surface area (Å²) in [6.07, 6.45) is -2.61. The Balaban J connectivity index is 2.20. The second-order valence-electron chi connectivity index (χ2n) is 7.91. The molecule has 5 N–H and O–H groups in total. The van der Waals surface area contributed by atoms with Crippen molar-refractivity contribution in [3.63, 3.8) is 0 Å². The molecular weight excluding hydrogens is 422 g/mol. The summed E-state index contributed by atoms with van der Waals surface area (Å²) in [6, 6.07) is 7.35. The number of anilines is 1. The van der Waals surface area contributed by atoms with Crippen LogP contribution in [0.2, 0.25) is 0 Å². The molecule has 0 spiro atoms. The first-order chi connectivity index (χ1) is 14.9. The van der Waals surface area contributed by atoms with Gasteiger partial charge in [-0.25, -0.2) is 13.8 Å². The molecule has 8 nitrogen and oxygen atoms in total. The number of aromatic nitrogens is 1. The van der Waals surface area contributed by atoms with Gasteiger partial charge in [-0.15, -0.1) is 0 Å². The van der Waals surface area contributed by atoms with E-state index >= 15 is 0 Å². The summed E-state index contributed by atoms with van der Waals surface area (Å²) in [5.41, 5.74) is 6.12. The molecule has 2 aromatic rings. The molecule has 0 radical (unpaired) electrons. The van der Waals surface area contributed by atoms with Gasteiger partial charge in [-0.3, -0.25) is 9.59 Å². The fraction of sp³-hybridized carbons (Fsp3) is 0.409. The van der Waals surface area contributed by atoms with Gasteiger partial charge >= 0.3 is 0 Å². The minimum atomic E-state index is -2.61. The van der Waals surface area contributed by atoms with Crippen molar-refractivity contribution < 1.29 is 28.2 Å². The number of hydrogen-bond acceptors (Lipinski definition) is 6. The SMILES string of the molecule is Cc1cc(C(=O)NC(C)c2cc(CN)cc(OCC(F)F)c2)cc(NC(=O)C(C)(C)O)n1. The van der Waals surface area contributed by atoms with Crippen LogP contribution in [0.4, 0.5) is 14.6 Å². The summed E-state index contributed by atoms with van der Waals surface area (Å²) in [4.78, 5) is 29.0. The lowest BCUT2D eigenvalue weighted by molar-refractivity contribution is -0.130. The molecule has 0 aliphatic heterocycles. The second-order valence-corrected chi connectivity index (χ2v) is 7.91. The molecular formula is C22H28F2N4O4. The number of aliphatic hydroxyl groups is 1. The van der Waals surface area contributed by atoms with E-state index in [4.69, 9.17) is 10.5 Å². The van der Waals surface area contributed by atoms with E-state index in [1.54, 1.807) is 38.1 Å². The largest absolute Gasteiger partial charge is 0.488 e. The molecule has 2 rings (SSSR count). The highest BCUT2D eigenvalue weighted by molar-refractivity contribution is 5.98. The molecule has 10 heteroatoms. The minimum Gasteiger partial charge on any atom is -0.488 e. The van der Waals surface area contributed by atoms with Crippen molar-refractivity contribution in [3.05, 3.63) is 52.7 Å². The second kappa shape index (κ2) is 10.5. The standard InChI is InChI=1S/C22H28F2N4O4/c1-12-5-16(9-19(26-12)28-21(30)22(3,4)31)20(29)27-13(2)15-6-14(10-25)7-17(8-15)32-11-18(23)24/h5-9,13,18,31H,10-11,25H2,1-4H3,(H,27,29)(H,26,28,30). The van der Waals surface area contributed by atoms with E-state index in [0.29, 0.717) is 16.8 Å². The number of ether oxygens (including phenoxy) is 1. The first-order valence-corrected chi connectivity index (χ1v) is 9.97. The fourth-order valence-electron chi connectivity index (χ4n) is 2.79. The van der Waals surface area contributed by atoms with Gasteiger partial charge in [-0.2, -0.15) is 0 Å². The van der Waals surface area contributed by atoms with Crippen molar-refractivity contribution in [1.29, 1.82) is 0 Å². The van der Waals surface area contributed by atoms with Crippen molar-refractivity contribution in [2.75, 3.05) is 11.9 Å². The Labute approximate surface area is 185 Å². The molecule has 32 heavy (non-hydrogen) atoms. The molecule has 0 aliphatic carbocycles. The summed E-state index contributed by atoms with van der Waals surface area (Å²) < 4.78 is 30.1. The fourth-order valence-corrected chi connectivity index (χ4v) is 2.79. The summed E-state index contributed by atoms with van der Waals surface area (Å²) in [7, 11) is 0. The Morgan fingerprint density at radius 1 is 1.22 bits per heavy atom. The Hall–Kier alpha value is -3.11. The summed E-state index contributed by atoms with van der Waals surface area (Å²) >= 11 is 0. The van der Waals surface area contributed by atoms with Gasteiger partial charge in [0.15, 0.2) is 0 Å². The van der Waals surface area contributed by atoms with Crippen LogP contribution in [0, 0.1) is 6.92 Å². The molecule has 2 amide bonds. The van der Waals surface area contributed by atoms with Crippen molar-refractivity contribution in [1.82, 2.24) is 10.3 Å². The number of hydrogen-bond donors (Lipinski definition) is 4. The van der Waals surface area contributed by atoms with E-state index in [-0.39, 0.29) is 23.7 Å². The first-order valence-electron chi connectivity index (χ1n) is 9.97. The predicted octanol–water partition coefficient (Wildman–Crippen LogP) is 2.69. The minimum absolute atomic E-state index is 0.128. The lowest BCUT2D eigenvalue weighted by Gasteiger charge is -2.18. The predicted molar refractivity (Wildman–Crippen MR) is 116 cm³/mol. The van der Waals surface area contributed by atoms with Crippen LogP contribution >= 0.6 is 0 Å². The molecule has 0 bridgehead atoms. The zero-order valence-corrected chi connectivity index (χ0v) is 18.4. The number of nitrogens with two attached hydrogens (primary N) is 1. The quantitative estimate of drug-likeness (QED) is 0.465. The van der Waals surface area contributed by atoms with Crippen molar-refractivity contribution in [2.45, 2.75) is 52.3 Å². The maximum Gasteiger partial charge on any atom is 0.272 e. The Kier molecular flexibility index (Phi) is 8.23. The van der Waals surface area contributed by atoms with Crippen LogP contribution in [0.5, 0.6) is 5.75 Å². The lowest BCUT2D eigenvalue weighted by Crippen LogP contribution is -2.37. The summed E-state index contributed by atoms with van der Waals surface area (Å²) in [5, 5.41) is 15.1. The highest BCUT2D eigenvalue weighted by atomic mass is 19.3. The third kappa shape index (κ3) is 7.24. The van der Waals surface area contributed by atoms with E-state index in [0.717, 1.165) is 0 Å². The van der Waals surface area contributed by atoms with Crippen molar-refractivity contribution >= 4 is 17.6 Å². The van der Waals surface area contributed by atoms with Gasteiger partial charge < -0.3 is 26.2 Å². The Morgan fingerprint density at radius 2 is 1.91 bits per heavy atom. The highest BCUT2D eigenvalue weighted by Gasteiger charge is 2.24. The number of aryl methyl sites for hydroxylation is 1. The molecule has 0 fully saturated rings.